The maximum Gasteiger partial charge on any atom is 0.335 e. The fraction of sp³-hybridized carbons (Fsp3) is 0.0385. The molecule has 9 nitrogen and oxygen atoms in total. The average Bonchev–Trinajstić information content (AvgIpc) is 3.13. The van der Waals surface area contributed by atoms with E-state index in [-0.39, 0.29) is 28.1 Å². The molecule has 3 aromatic carbocycles. The lowest BCUT2D eigenvalue weighted by Gasteiger charge is -2.26. The molecule has 0 radical (unpaired) electrons. The van der Waals surface area contributed by atoms with Gasteiger partial charge in [0, 0.05) is 17.8 Å². The van der Waals surface area contributed by atoms with E-state index in [1.807, 2.05) is 6.07 Å². The van der Waals surface area contributed by atoms with Crippen LogP contribution in [0.25, 0.3) is 6.08 Å². The van der Waals surface area contributed by atoms with Crippen LogP contribution in [-0.2, 0) is 9.59 Å². The molecule has 0 saturated heterocycles. The topological polar surface area (TPSA) is 138 Å². The molecule has 0 fully saturated rings. The molecule has 0 bridgehead atoms. The van der Waals surface area contributed by atoms with E-state index >= 15 is 0 Å². The Kier molecular flexibility index (Phi) is 6.23. The number of allylic oxidation sites excluding steroid dienone is 1. The first-order chi connectivity index (χ1) is 16.8. The van der Waals surface area contributed by atoms with Crippen molar-refractivity contribution in [3.05, 3.63) is 123 Å². The quantitative estimate of drug-likeness (QED) is 0.295. The zero-order valence-corrected chi connectivity index (χ0v) is 18.1. The highest BCUT2D eigenvalue weighted by atomic mass is 16.6. The number of aromatic carboxylic acids is 1. The van der Waals surface area contributed by atoms with Crippen LogP contribution in [0.2, 0.25) is 0 Å². The summed E-state index contributed by atoms with van der Waals surface area (Å²) < 4.78 is 0. The highest BCUT2D eigenvalue weighted by molar-refractivity contribution is 6.20. The maximum absolute atomic E-state index is 13.2. The summed E-state index contributed by atoms with van der Waals surface area (Å²) >= 11 is 0. The van der Waals surface area contributed by atoms with Gasteiger partial charge in [0.1, 0.15) is 0 Å². The van der Waals surface area contributed by atoms with Crippen LogP contribution in [0.4, 0.5) is 11.4 Å². The maximum atomic E-state index is 13.2. The summed E-state index contributed by atoms with van der Waals surface area (Å²) in [4.78, 5) is 49.6. The molecule has 4 rings (SSSR count). The minimum atomic E-state index is -1.23. The first kappa shape index (κ1) is 23.1. The van der Waals surface area contributed by atoms with E-state index < -0.39 is 34.4 Å². The van der Waals surface area contributed by atoms with Crippen molar-refractivity contribution >= 4 is 35.1 Å². The molecular formula is C26H18N2O7. The minimum absolute atomic E-state index is 0.104. The standard InChI is InChI=1S/C26H18N2O7/c29-21(13-12-16-6-2-1-3-7-16)22-23(17-8-4-11-20(14-17)28(34)35)27(25(31)24(22)30)19-10-5-9-18(15-19)26(32)33/h1-15,23,30H,(H,32,33)/b13-12+/t23-/m1/s1. The second kappa shape index (κ2) is 9.44. The monoisotopic (exact) mass is 470 g/mol. The van der Waals surface area contributed by atoms with E-state index in [0.717, 1.165) is 4.90 Å². The van der Waals surface area contributed by atoms with Gasteiger partial charge in [0.2, 0.25) is 0 Å². The lowest BCUT2D eigenvalue weighted by atomic mass is 9.95. The van der Waals surface area contributed by atoms with Gasteiger partial charge in [-0.2, -0.15) is 0 Å². The van der Waals surface area contributed by atoms with Gasteiger partial charge in [0.25, 0.3) is 11.6 Å². The molecule has 9 heteroatoms. The molecule has 0 aromatic heterocycles. The Balaban J connectivity index is 1.85. The van der Waals surface area contributed by atoms with Crippen LogP contribution < -0.4 is 4.90 Å². The van der Waals surface area contributed by atoms with Crippen molar-refractivity contribution in [1.82, 2.24) is 0 Å². The van der Waals surface area contributed by atoms with Crippen molar-refractivity contribution in [2.75, 3.05) is 4.90 Å². The summed E-state index contributed by atoms with van der Waals surface area (Å²) in [5.74, 6) is -3.65. The number of nitrogens with zero attached hydrogens (tertiary/aromatic N) is 2. The number of aliphatic hydroxyl groups excluding tert-OH is 1. The predicted molar refractivity (Wildman–Crippen MR) is 127 cm³/mol. The van der Waals surface area contributed by atoms with Gasteiger partial charge in [-0.05, 0) is 35.4 Å². The smallest absolute Gasteiger partial charge is 0.335 e. The van der Waals surface area contributed by atoms with E-state index in [0.29, 0.717) is 5.56 Å². The number of hydrogen-bond acceptors (Lipinski definition) is 6. The molecule has 1 heterocycles. The Labute approximate surface area is 199 Å². The first-order valence-electron chi connectivity index (χ1n) is 10.4. The summed E-state index contributed by atoms with van der Waals surface area (Å²) in [5.41, 5.74) is 0.358. The molecule has 1 aliphatic rings. The van der Waals surface area contributed by atoms with E-state index in [9.17, 15) is 34.7 Å². The van der Waals surface area contributed by atoms with Crippen LogP contribution in [-0.4, -0.2) is 32.8 Å². The van der Waals surface area contributed by atoms with Crippen LogP contribution in [0.5, 0.6) is 0 Å². The molecule has 174 valence electrons. The van der Waals surface area contributed by atoms with Gasteiger partial charge in [0.15, 0.2) is 11.5 Å². The number of carbonyl (C=O) groups excluding carboxylic acids is 2. The van der Waals surface area contributed by atoms with Gasteiger partial charge >= 0.3 is 5.97 Å². The zero-order chi connectivity index (χ0) is 25.1. The molecule has 1 aliphatic heterocycles. The van der Waals surface area contributed by atoms with E-state index in [1.165, 1.54) is 60.7 Å². The number of carbonyl (C=O) groups is 3. The van der Waals surface area contributed by atoms with Gasteiger partial charge < -0.3 is 10.2 Å². The van der Waals surface area contributed by atoms with Crippen molar-refractivity contribution in [2.24, 2.45) is 0 Å². The molecule has 0 saturated carbocycles. The number of hydrogen-bond donors (Lipinski definition) is 2. The highest BCUT2D eigenvalue weighted by Crippen LogP contribution is 2.42. The van der Waals surface area contributed by atoms with Crippen molar-refractivity contribution in [3.63, 3.8) is 0 Å². The molecule has 0 spiro atoms. The molecule has 3 aromatic rings. The number of non-ortho nitro benzene ring substituents is 1. The van der Waals surface area contributed by atoms with Gasteiger partial charge in [-0.3, -0.25) is 24.6 Å². The third-order valence-corrected chi connectivity index (χ3v) is 5.47. The Bertz CT molecular complexity index is 1410. The predicted octanol–water partition coefficient (Wildman–Crippen LogP) is 4.48. The van der Waals surface area contributed by atoms with Crippen LogP contribution in [0.15, 0.2) is 96.3 Å². The normalized spacial score (nSPS) is 15.6. The molecule has 0 aliphatic carbocycles. The number of nitro groups is 1. The minimum Gasteiger partial charge on any atom is -0.503 e. The van der Waals surface area contributed by atoms with Crippen LogP contribution >= 0.6 is 0 Å². The number of ketones is 1. The Morgan fingerprint density at radius 2 is 1.69 bits per heavy atom. The SMILES string of the molecule is O=C(/C=C/c1ccccc1)C1=C(O)C(=O)N(c2cccc(C(=O)O)c2)[C@@H]1c1cccc([N+](=O)[O-])c1. The van der Waals surface area contributed by atoms with E-state index in [1.54, 1.807) is 24.3 Å². The average molecular weight is 470 g/mol. The number of rotatable bonds is 7. The Hall–Kier alpha value is -5.05. The number of carboxylic acids is 1. The molecule has 1 amide bonds. The number of aliphatic hydroxyl groups is 1. The Morgan fingerprint density at radius 1 is 0.971 bits per heavy atom. The lowest BCUT2D eigenvalue weighted by molar-refractivity contribution is -0.384. The molecule has 0 unspecified atom stereocenters. The van der Waals surface area contributed by atoms with Gasteiger partial charge in [-0.25, -0.2) is 4.79 Å². The summed E-state index contributed by atoms with van der Waals surface area (Å²) in [6.45, 7) is 0. The van der Waals surface area contributed by atoms with Crippen LogP contribution in [0.1, 0.15) is 27.5 Å². The highest BCUT2D eigenvalue weighted by Gasteiger charge is 2.44. The zero-order valence-electron chi connectivity index (χ0n) is 18.1. The lowest BCUT2D eigenvalue weighted by Crippen LogP contribution is -2.31. The van der Waals surface area contributed by atoms with Gasteiger partial charge in [-0.15, -0.1) is 0 Å². The van der Waals surface area contributed by atoms with Crippen molar-refractivity contribution in [1.29, 1.82) is 0 Å². The summed E-state index contributed by atoms with van der Waals surface area (Å²) in [6, 6.07) is 18.5. The van der Waals surface area contributed by atoms with Gasteiger partial charge in [-0.1, -0.05) is 54.6 Å². The van der Waals surface area contributed by atoms with Crippen LogP contribution in [0, 0.1) is 10.1 Å². The van der Waals surface area contributed by atoms with E-state index in [4.69, 9.17) is 0 Å². The van der Waals surface area contributed by atoms with Crippen molar-refractivity contribution < 1.29 is 29.5 Å². The second-order valence-corrected chi connectivity index (χ2v) is 7.66. The van der Waals surface area contributed by atoms with Crippen molar-refractivity contribution in [2.45, 2.75) is 6.04 Å². The third kappa shape index (κ3) is 4.55. The number of carboxylic acid groups (broad SMARTS) is 1. The fourth-order valence-electron chi connectivity index (χ4n) is 3.86. The number of benzene rings is 3. The molecule has 1 atom stereocenters. The first-order valence-corrected chi connectivity index (χ1v) is 10.4. The summed E-state index contributed by atoms with van der Waals surface area (Å²) in [6.07, 6.45) is 2.72. The summed E-state index contributed by atoms with van der Waals surface area (Å²) in [7, 11) is 0. The number of anilines is 1. The second-order valence-electron chi connectivity index (χ2n) is 7.66. The molecular weight excluding hydrogens is 452 g/mol. The van der Waals surface area contributed by atoms with Crippen LogP contribution in [0.3, 0.4) is 0 Å². The molecule has 2 N–H and O–H groups in total. The third-order valence-electron chi connectivity index (χ3n) is 5.47. The number of nitro benzene ring substituents is 1. The fourth-order valence-corrected chi connectivity index (χ4v) is 3.86. The van der Waals surface area contributed by atoms with Crippen molar-refractivity contribution in [3.8, 4) is 0 Å². The largest absolute Gasteiger partial charge is 0.503 e. The Morgan fingerprint density at radius 3 is 2.37 bits per heavy atom. The molecule has 35 heavy (non-hydrogen) atoms. The van der Waals surface area contributed by atoms with Gasteiger partial charge in [0.05, 0.1) is 22.1 Å². The van der Waals surface area contributed by atoms with E-state index in [2.05, 4.69) is 0 Å². The summed E-state index contributed by atoms with van der Waals surface area (Å²) in [5, 5.41) is 31.5. The number of amides is 1.